The zero-order valence-corrected chi connectivity index (χ0v) is 20.0. The van der Waals surface area contributed by atoms with Gasteiger partial charge in [-0.25, -0.2) is 4.79 Å². The van der Waals surface area contributed by atoms with Crippen molar-refractivity contribution in [3.05, 3.63) is 58.1 Å². The predicted octanol–water partition coefficient (Wildman–Crippen LogP) is 6.03. The highest BCUT2D eigenvalue weighted by molar-refractivity contribution is 6.42. The second kappa shape index (κ2) is 9.20. The zero-order chi connectivity index (χ0) is 22.9. The van der Waals surface area contributed by atoms with Gasteiger partial charge in [0.05, 0.1) is 34.2 Å². The highest BCUT2D eigenvalue weighted by Gasteiger charge is 2.30. The van der Waals surface area contributed by atoms with E-state index in [1.165, 1.54) is 0 Å². The van der Waals surface area contributed by atoms with Crippen LogP contribution >= 0.6 is 23.2 Å². The summed E-state index contributed by atoms with van der Waals surface area (Å²) in [5, 5.41) is 1.04. The van der Waals surface area contributed by atoms with E-state index in [0.717, 1.165) is 23.0 Å². The Morgan fingerprint density at radius 3 is 2.69 bits per heavy atom. The van der Waals surface area contributed by atoms with E-state index in [9.17, 15) is 4.79 Å². The highest BCUT2D eigenvalue weighted by Crippen LogP contribution is 2.27. The monoisotopic (exact) mass is 475 g/mol. The number of hydrogen-bond acceptors (Lipinski definition) is 4. The number of para-hydroxylation sites is 2. The van der Waals surface area contributed by atoms with Crippen molar-refractivity contribution in [3.63, 3.8) is 0 Å². The van der Waals surface area contributed by atoms with Gasteiger partial charge in [-0.2, -0.15) is 4.98 Å². The molecule has 1 aromatic heterocycles. The van der Waals surface area contributed by atoms with E-state index in [0.29, 0.717) is 42.3 Å². The van der Waals surface area contributed by atoms with Gasteiger partial charge in [-0.15, -0.1) is 0 Å². The summed E-state index contributed by atoms with van der Waals surface area (Å²) in [5.74, 6) is 0.223. The van der Waals surface area contributed by atoms with E-state index in [4.69, 9.17) is 32.7 Å². The molecule has 0 N–H and O–H groups in total. The largest absolute Gasteiger partial charge is 0.464 e. The number of nitrogens with zero attached hydrogens (tertiary/aromatic N) is 3. The molecule has 2 aromatic carbocycles. The molecule has 32 heavy (non-hydrogen) atoms. The SMILES string of the molecule is CC(C)(C)OC(=O)N1CC[C@H](COc2nc3ccccc3n2Cc2ccc(Cl)c(Cl)c2)C1. The number of aromatic nitrogens is 2. The van der Waals surface area contributed by atoms with Gasteiger partial charge >= 0.3 is 6.09 Å². The molecule has 0 bridgehead atoms. The summed E-state index contributed by atoms with van der Waals surface area (Å²) in [4.78, 5) is 18.8. The molecular formula is C24H27Cl2N3O3. The lowest BCUT2D eigenvalue weighted by molar-refractivity contribution is 0.0284. The molecule has 0 aliphatic carbocycles. The number of fused-ring (bicyclic) bond motifs is 1. The van der Waals surface area contributed by atoms with E-state index in [2.05, 4.69) is 4.98 Å². The molecule has 1 amide bonds. The average molecular weight is 476 g/mol. The Balaban J connectivity index is 1.47. The third-order valence-corrected chi connectivity index (χ3v) is 6.07. The molecule has 2 heterocycles. The van der Waals surface area contributed by atoms with Crippen molar-refractivity contribution in [2.75, 3.05) is 19.7 Å². The molecule has 1 aliphatic heterocycles. The first-order valence-corrected chi connectivity index (χ1v) is 11.4. The number of ether oxygens (including phenoxy) is 2. The van der Waals surface area contributed by atoms with E-state index in [1.807, 2.05) is 61.7 Å². The van der Waals surface area contributed by atoms with Crippen LogP contribution in [0.3, 0.4) is 0 Å². The smallest absolute Gasteiger partial charge is 0.410 e. The average Bonchev–Trinajstić information content (AvgIpc) is 3.33. The molecule has 0 saturated carbocycles. The number of halogens is 2. The minimum Gasteiger partial charge on any atom is -0.464 e. The van der Waals surface area contributed by atoms with Gasteiger partial charge in [0.15, 0.2) is 0 Å². The number of carbonyl (C=O) groups excluding carboxylic acids is 1. The fraction of sp³-hybridized carbons (Fsp3) is 0.417. The summed E-state index contributed by atoms with van der Waals surface area (Å²) in [7, 11) is 0. The molecule has 1 atom stereocenters. The fourth-order valence-electron chi connectivity index (χ4n) is 3.79. The van der Waals surface area contributed by atoms with Crippen molar-refractivity contribution in [1.82, 2.24) is 14.5 Å². The number of imidazole rings is 1. The lowest BCUT2D eigenvalue weighted by atomic mass is 10.1. The normalized spacial score (nSPS) is 16.5. The molecule has 1 aliphatic rings. The molecule has 8 heteroatoms. The third kappa shape index (κ3) is 5.30. The van der Waals surface area contributed by atoms with Crippen LogP contribution in [0.25, 0.3) is 11.0 Å². The first kappa shape index (κ1) is 22.7. The first-order chi connectivity index (χ1) is 15.2. The van der Waals surface area contributed by atoms with Crippen LogP contribution in [-0.4, -0.2) is 45.8 Å². The summed E-state index contributed by atoms with van der Waals surface area (Å²) in [6.45, 7) is 7.94. The molecule has 0 unspecified atom stereocenters. The standard InChI is InChI=1S/C24H27Cl2N3O3/c1-24(2,3)32-23(30)28-11-10-17(13-28)15-31-22-27-20-6-4-5-7-21(20)29(22)14-16-8-9-18(25)19(26)12-16/h4-9,12,17H,10-11,13-15H2,1-3H3/t17-/m0/s1. The van der Waals surface area contributed by atoms with Gasteiger partial charge in [0.2, 0.25) is 0 Å². The van der Waals surface area contributed by atoms with Crippen LogP contribution in [0.4, 0.5) is 4.79 Å². The summed E-state index contributed by atoms with van der Waals surface area (Å²) in [5.41, 5.74) is 2.35. The van der Waals surface area contributed by atoms with Crippen molar-refractivity contribution >= 4 is 40.3 Å². The van der Waals surface area contributed by atoms with Gasteiger partial charge in [-0.05, 0) is 57.0 Å². The summed E-state index contributed by atoms with van der Waals surface area (Å²) in [6.07, 6.45) is 0.596. The Labute approximate surface area is 198 Å². The number of benzene rings is 2. The second-order valence-corrected chi connectivity index (χ2v) is 9.92. The third-order valence-electron chi connectivity index (χ3n) is 5.33. The van der Waals surface area contributed by atoms with Crippen LogP contribution in [0.15, 0.2) is 42.5 Å². The quantitative estimate of drug-likeness (QED) is 0.452. The number of carbonyl (C=O) groups is 1. The molecule has 6 nitrogen and oxygen atoms in total. The first-order valence-electron chi connectivity index (χ1n) is 10.7. The number of hydrogen-bond donors (Lipinski definition) is 0. The molecule has 3 aromatic rings. The van der Waals surface area contributed by atoms with Crippen molar-refractivity contribution in [3.8, 4) is 6.01 Å². The Morgan fingerprint density at radius 2 is 1.94 bits per heavy atom. The predicted molar refractivity (Wildman–Crippen MR) is 127 cm³/mol. The van der Waals surface area contributed by atoms with Crippen molar-refractivity contribution < 1.29 is 14.3 Å². The minimum atomic E-state index is -0.499. The van der Waals surface area contributed by atoms with Gasteiger partial charge in [0.1, 0.15) is 5.60 Å². The van der Waals surface area contributed by atoms with E-state index in [1.54, 1.807) is 11.0 Å². The zero-order valence-electron chi connectivity index (χ0n) is 18.5. The molecule has 4 rings (SSSR count). The minimum absolute atomic E-state index is 0.223. The summed E-state index contributed by atoms with van der Waals surface area (Å²) in [6, 6.07) is 14.1. The van der Waals surface area contributed by atoms with Gasteiger partial charge in [0, 0.05) is 19.0 Å². The molecule has 1 saturated heterocycles. The van der Waals surface area contributed by atoms with E-state index < -0.39 is 5.60 Å². The highest BCUT2D eigenvalue weighted by atomic mass is 35.5. The Kier molecular flexibility index (Phi) is 6.54. The lowest BCUT2D eigenvalue weighted by Crippen LogP contribution is -2.35. The van der Waals surface area contributed by atoms with Crippen LogP contribution in [0, 0.1) is 5.92 Å². The van der Waals surface area contributed by atoms with Crippen LogP contribution in [0.2, 0.25) is 10.0 Å². The summed E-state index contributed by atoms with van der Waals surface area (Å²) < 4.78 is 13.7. The maximum Gasteiger partial charge on any atom is 0.410 e. The molecule has 0 spiro atoms. The van der Waals surface area contributed by atoms with E-state index >= 15 is 0 Å². The number of likely N-dealkylation sites (tertiary alicyclic amines) is 1. The topological polar surface area (TPSA) is 56.6 Å². The van der Waals surface area contributed by atoms with Crippen LogP contribution < -0.4 is 4.74 Å². The lowest BCUT2D eigenvalue weighted by Gasteiger charge is -2.24. The maximum atomic E-state index is 12.3. The van der Waals surface area contributed by atoms with Crippen molar-refractivity contribution in [2.45, 2.75) is 39.3 Å². The number of amides is 1. The Hall–Kier alpha value is -2.44. The summed E-state index contributed by atoms with van der Waals surface area (Å²) >= 11 is 12.3. The maximum absolute atomic E-state index is 12.3. The van der Waals surface area contributed by atoms with Crippen LogP contribution in [0.5, 0.6) is 6.01 Å². The molecule has 0 radical (unpaired) electrons. The molecular weight excluding hydrogens is 449 g/mol. The van der Waals surface area contributed by atoms with Crippen LogP contribution in [-0.2, 0) is 11.3 Å². The number of rotatable bonds is 5. The van der Waals surface area contributed by atoms with Gasteiger partial charge in [-0.3, -0.25) is 4.57 Å². The molecule has 1 fully saturated rings. The second-order valence-electron chi connectivity index (χ2n) is 9.11. The van der Waals surface area contributed by atoms with Crippen molar-refractivity contribution in [1.29, 1.82) is 0 Å². The van der Waals surface area contributed by atoms with Gasteiger partial charge in [0.25, 0.3) is 6.01 Å². The Morgan fingerprint density at radius 1 is 1.16 bits per heavy atom. The Bertz CT molecular complexity index is 1120. The van der Waals surface area contributed by atoms with E-state index in [-0.39, 0.29) is 12.0 Å². The van der Waals surface area contributed by atoms with Gasteiger partial charge in [-0.1, -0.05) is 41.4 Å². The van der Waals surface area contributed by atoms with Crippen LogP contribution in [0.1, 0.15) is 32.8 Å². The fourth-order valence-corrected chi connectivity index (χ4v) is 4.11. The van der Waals surface area contributed by atoms with Gasteiger partial charge < -0.3 is 14.4 Å². The molecule has 170 valence electrons. The van der Waals surface area contributed by atoms with Crippen molar-refractivity contribution in [2.24, 2.45) is 5.92 Å².